The lowest BCUT2D eigenvalue weighted by atomic mass is 10.2. The molecular formula is C9H6FNOS. The predicted octanol–water partition coefficient (Wildman–Crippen LogP) is 2.79. The van der Waals surface area contributed by atoms with E-state index in [1.807, 2.05) is 12.1 Å². The van der Waals surface area contributed by atoms with Crippen molar-refractivity contribution in [1.82, 2.24) is 4.98 Å². The molecule has 2 rings (SSSR count). The van der Waals surface area contributed by atoms with E-state index >= 15 is 0 Å². The van der Waals surface area contributed by atoms with Crippen molar-refractivity contribution in [3.05, 3.63) is 30.6 Å². The second-order valence-electron chi connectivity index (χ2n) is 2.59. The number of rotatable bonds is 1. The van der Waals surface area contributed by atoms with Gasteiger partial charge >= 0.3 is 0 Å². The molecule has 1 aromatic heterocycles. The first-order chi connectivity index (χ1) is 6.33. The normalized spacial score (nSPS) is 10.3. The first kappa shape index (κ1) is 8.31. The quantitative estimate of drug-likeness (QED) is 0.707. The van der Waals surface area contributed by atoms with E-state index in [9.17, 15) is 4.53 Å². The van der Waals surface area contributed by atoms with E-state index in [1.54, 1.807) is 12.3 Å². The zero-order chi connectivity index (χ0) is 9.26. The molecule has 0 radical (unpaired) electrons. The average molecular weight is 195 g/mol. The van der Waals surface area contributed by atoms with Gasteiger partial charge < -0.3 is 0 Å². The number of aromatic nitrogens is 1. The van der Waals surface area contributed by atoms with E-state index in [0.717, 1.165) is 5.39 Å². The van der Waals surface area contributed by atoms with Crippen LogP contribution in [0.1, 0.15) is 0 Å². The molecule has 66 valence electrons. The fourth-order valence-corrected chi connectivity index (χ4v) is 1.57. The highest BCUT2D eigenvalue weighted by Crippen LogP contribution is 2.29. The second-order valence-corrected chi connectivity index (χ2v) is 3.07. The van der Waals surface area contributed by atoms with Gasteiger partial charge in [0.15, 0.2) is 5.75 Å². The number of halogens is 1. The fourth-order valence-electron chi connectivity index (χ4n) is 1.24. The first-order valence-corrected chi connectivity index (χ1v) is 4.12. The van der Waals surface area contributed by atoms with Crippen LogP contribution < -0.4 is 4.94 Å². The maximum atomic E-state index is 12.1. The highest BCUT2D eigenvalue weighted by atomic mass is 32.1. The molecule has 2 nitrogen and oxygen atoms in total. The zero-order valence-corrected chi connectivity index (χ0v) is 7.46. The molecular weight excluding hydrogens is 189 g/mol. The van der Waals surface area contributed by atoms with E-state index in [4.69, 9.17) is 0 Å². The number of nitrogens with zero attached hydrogens (tertiary/aromatic N) is 1. The Morgan fingerprint density at radius 2 is 2.15 bits per heavy atom. The van der Waals surface area contributed by atoms with Crippen molar-refractivity contribution in [2.75, 3.05) is 0 Å². The summed E-state index contributed by atoms with van der Waals surface area (Å²) in [5.74, 6) is 0.100. The third kappa shape index (κ3) is 1.33. The molecule has 0 aliphatic carbocycles. The van der Waals surface area contributed by atoms with Crippen molar-refractivity contribution in [3.63, 3.8) is 0 Å². The Balaban J connectivity index is 2.87. The van der Waals surface area contributed by atoms with E-state index in [0.29, 0.717) is 10.3 Å². The molecule has 13 heavy (non-hydrogen) atoms. The number of benzene rings is 1. The van der Waals surface area contributed by atoms with E-state index in [2.05, 4.69) is 22.6 Å². The highest BCUT2D eigenvalue weighted by Gasteiger charge is 2.05. The van der Waals surface area contributed by atoms with Gasteiger partial charge in [-0.15, -0.1) is 12.6 Å². The summed E-state index contributed by atoms with van der Waals surface area (Å²) in [5.41, 5.74) is 0. The van der Waals surface area contributed by atoms with Crippen LogP contribution >= 0.6 is 12.6 Å². The minimum Gasteiger partial charge on any atom is -0.292 e. The predicted molar refractivity (Wildman–Crippen MR) is 50.7 cm³/mol. The van der Waals surface area contributed by atoms with Crippen molar-refractivity contribution in [2.24, 2.45) is 0 Å². The smallest absolute Gasteiger partial charge is 0.199 e. The van der Waals surface area contributed by atoms with Crippen LogP contribution in [-0.4, -0.2) is 4.98 Å². The van der Waals surface area contributed by atoms with Crippen LogP contribution in [0.15, 0.2) is 35.5 Å². The Morgan fingerprint density at radius 1 is 1.31 bits per heavy atom. The molecule has 0 amide bonds. The molecule has 4 heteroatoms. The lowest BCUT2D eigenvalue weighted by molar-refractivity contribution is -0.00477. The van der Waals surface area contributed by atoms with Gasteiger partial charge in [-0.1, -0.05) is 12.1 Å². The summed E-state index contributed by atoms with van der Waals surface area (Å²) in [7, 11) is 0. The summed E-state index contributed by atoms with van der Waals surface area (Å²) in [6, 6.07) is 5.42. The molecule has 0 fully saturated rings. The molecule has 0 atom stereocenters. The Bertz CT molecular complexity index is 441. The summed E-state index contributed by atoms with van der Waals surface area (Å²) in [4.78, 5) is 8.20. The Morgan fingerprint density at radius 3 is 2.92 bits per heavy atom. The van der Waals surface area contributed by atoms with Gasteiger partial charge in [-0.3, -0.25) is 9.93 Å². The van der Waals surface area contributed by atoms with Crippen LogP contribution in [0, 0.1) is 0 Å². The van der Waals surface area contributed by atoms with E-state index in [1.165, 1.54) is 6.20 Å². The van der Waals surface area contributed by atoms with Crippen LogP contribution in [0.2, 0.25) is 0 Å². The summed E-state index contributed by atoms with van der Waals surface area (Å²) in [6.07, 6.45) is 2.96. The van der Waals surface area contributed by atoms with Crippen molar-refractivity contribution < 1.29 is 9.47 Å². The molecule has 0 bridgehead atoms. The van der Waals surface area contributed by atoms with Gasteiger partial charge in [0.05, 0.1) is 6.20 Å². The Hall–Kier alpha value is -1.29. The van der Waals surface area contributed by atoms with Crippen molar-refractivity contribution in [1.29, 1.82) is 0 Å². The molecule has 2 aromatic rings. The van der Waals surface area contributed by atoms with Crippen LogP contribution in [0.3, 0.4) is 0 Å². The zero-order valence-electron chi connectivity index (χ0n) is 6.57. The molecule has 0 N–H and O–H groups in total. The van der Waals surface area contributed by atoms with Crippen LogP contribution in [0.25, 0.3) is 10.8 Å². The largest absolute Gasteiger partial charge is 0.292 e. The Labute approximate surface area is 79.7 Å². The maximum Gasteiger partial charge on any atom is 0.199 e. The Kier molecular flexibility index (Phi) is 2.06. The summed E-state index contributed by atoms with van der Waals surface area (Å²) in [6.45, 7) is 0. The number of hydrogen-bond donors (Lipinski definition) is 1. The third-order valence-corrected chi connectivity index (χ3v) is 2.18. The van der Waals surface area contributed by atoms with Gasteiger partial charge in [0.2, 0.25) is 0 Å². The highest BCUT2D eigenvalue weighted by molar-refractivity contribution is 7.80. The number of fused-ring (bicyclic) bond motifs is 1. The monoisotopic (exact) mass is 195 g/mol. The number of pyridine rings is 1. The maximum absolute atomic E-state index is 12.1. The lowest BCUT2D eigenvalue weighted by Crippen LogP contribution is -1.83. The van der Waals surface area contributed by atoms with Gasteiger partial charge in [-0.05, 0) is 6.07 Å². The molecule has 0 aliphatic heterocycles. The molecule has 0 saturated heterocycles. The summed E-state index contributed by atoms with van der Waals surface area (Å²) in [5, 5.41) is 1.45. The SMILES string of the molecule is FOc1cncc2cccc(S)c12. The topological polar surface area (TPSA) is 22.1 Å². The van der Waals surface area contributed by atoms with Crippen LogP contribution in [-0.2, 0) is 0 Å². The van der Waals surface area contributed by atoms with Gasteiger partial charge in [0, 0.05) is 26.4 Å². The summed E-state index contributed by atoms with van der Waals surface area (Å²) >= 11 is 4.20. The third-order valence-electron chi connectivity index (χ3n) is 1.81. The summed E-state index contributed by atoms with van der Waals surface area (Å²) < 4.78 is 12.1. The van der Waals surface area contributed by atoms with Crippen LogP contribution in [0.4, 0.5) is 4.53 Å². The first-order valence-electron chi connectivity index (χ1n) is 3.67. The molecule has 0 aliphatic rings. The van der Waals surface area contributed by atoms with E-state index in [-0.39, 0.29) is 5.75 Å². The minimum atomic E-state index is 0.100. The van der Waals surface area contributed by atoms with Gasteiger partial charge in [0.25, 0.3) is 0 Å². The molecule has 0 spiro atoms. The molecule has 0 saturated carbocycles. The standard InChI is InChI=1S/C9H6FNOS/c10-12-7-5-11-4-6-2-1-3-8(13)9(6)7/h1-5,13H. The van der Waals surface area contributed by atoms with E-state index < -0.39 is 0 Å². The van der Waals surface area contributed by atoms with Crippen molar-refractivity contribution in [2.45, 2.75) is 4.90 Å². The molecule has 0 unspecified atom stereocenters. The van der Waals surface area contributed by atoms with Crippen molar-refractivity contribution >= 4 is 23.4 Å². The average Bonchev–Trinajstić information content (AvgIpc) is 2.17. The van der Waals surface area contributed by atoms with Crippen LogP contribution in [0.5, 0.6) is 5.75 Å². The van der Waals surface area contributed by atoms with Gasteiger partial charge in [-0.25, -0.2) is 0 Å². The number of hydrogen-bond acceptors (Lipinski definition) is 3. The fraction of sp³-hybridized carbons (Fsp3) is 0. The van der Waals surface area contributed by atoms with Gasteiger partial charge in [0.1, 0.15) is 0 Å². The number of thiol groups is 1. The van der Waals surface area contributed by atoms with Gasteiger partial charge in [-0.2, -0.15) is 0 Å². The molecule has 1 aromatic carbocycles. The van der Waals surface area contributed by atoms with Crippen molar-refractivity contribution in [3.8, 4) is 5.75 Å². The molecule has 1 heterocycles. The lowest BCUT2D eigenvalue weighted by Gasteiger charge is -2.02. The second kappa shape index (κ2) is 3.22. The minimum absolute atomic E-state index is 0.100.